The number of benzene rings is 1. The molecule has 0 amide bonds. The maximum atomic E-state index is 13.7. The van der Waals surface area contributed by atoms with Crippen molar-refractivity contribution >= 4 is 5.95 Å². The second-order valence-electron chi connectivity index (χ2n) is 5.67. The lowest BCUT2D eigenvalue weighted by atomic mass is 10.0. The summed E-state index contributed by atoms with van der Waals surface area (Å²) in [4.78, 5) is 8.51. The van der Waals surface area contributed by atoms with Crippen LogP contribution in [0.1, 0.15) is 31.0 Å². The van der Waals surface area contributed by atoms with Gasteiger partial charge in [0.2, 0.25) is 5.95 Å². The number of hydrogen-bond acceptors (Lipinski definition) is 4. The van der Waals surface area contributed by atoms with Crippen LogP contribution in [0.25, 0.3) is 11.3 Å². The summed E-state index contributed by atoms with van der Waals surface area (Å²) < 4.78 is 27.3. The van der Waals surface area contributed by atoms with Crippen molar-refractivity contribution in [2.45, 2.75) is 26.3 Å². The minimum Gasteiger partial charge on any atom is -0.350 e. The maximum absolute atomic E-state index is 13.7. The van der Waals surface area contributed by atoms with Crippen LogP contribution in [0.4, 0.5) is 14.7 Å². The Bertz CT molecular complexity index is 824. The molecule has 0 aliphatic heterocycles. The van der Waals surface area contributed by atoms with E-state index in [0.29, 0.717) is 11.6 Å². The normalized spacial score (nSPS) is 11.0. The Morgan fingerprint density at radius 2 is 1.92 bits per heavy atom. The number of nitrogens with one attached hydrogen (secondary N) is 2. The number of aromatic nitrogens is 4. The predicted octanol–water partition coefficient (Wildman–Crippen LogP) is 3.88. The van der Waals surface area contributed by atoms with Crippen LogP contribution < -0.4 is 5.32 Å². The van der Waals surface area contributed by atoms with E-state index >= 15 is 0 Å². The minimum absolute atomic E-state index is 0.0373. The van der Waals surface area contributed by atoms with E-state index in [1.807, 2.05) is 0 Å². The van der Waals surface area contributed by atoms with Crippen LogP contribution in [0.3, 0.4) is 0 Å². The second-order valence-corrected chi connectivity index (χ2v) is 5.67. The van der Waals surface area contributed by atoms with Crippen LogP contribution in [0.15, 0.2) is 36.7 Å². The predicted molar refractivity (Wildman–Crippen MR) is 87.4 cm³/mol. The third-order valence-corrected chi connectivity index (χ3v) is 3.66. The van der Waals surface area contributed by atoms with Gasteiger partial charge in [0, 0.05) is 29.6 Å². The number of aromatic amines is 1. The molecule has 5 nitrogen and oxygen atoms in total. The van der Waals surface area contributed by atoms with Gasteiger partial charge in [-0.2, -0.15) is 5.10 Å². The monoisotopic (exact) mass is 329 g/mol. The Hall–Kier alpha value is -2.83. The Balaban J connectivity index is 1.82. The van der Waals surface area contributed by atoms with Crippen molar-refractivity contribution in [1.82, 2.24) is 20.2 Å². The Labute approximate surface area is 138 Å². The van der Waals surface area contributed by atoms with E-state index in [1.54, 1.807) is 18.5 Å². The number of hydrogen-bond donors (Lipinski definition) is 2. The first kappa shape index (κ1) is 16.0. The molecule has 124 valence electrons. The van der Waals surface area contributed by atoms with Crippen molar-refractivity contribution < 1.29 is 8.78 Å². The summed E-state index contributed by atoms with van der Waals surface area (Å²) in [5.74, 6) is -0.640. The molecule has 2 heterocycles. The molecule has 0 fully saturated rings. The van der Waals surface area contributed by atoms with Gasteiger partial charge in [-0.3, -0.25) is 5.10 Å². The molecule has 7 heteroatoms. The van der Waals surface area contributed by atoms with E-state index in [9.17, 15) is 8.78 Å². The molecule has 1 aromatic carbocycles. The molecule has 3 aromatic rings. The Morgan fingerprint density at radius 3 is 2.62 bits per heavy atom. The van der Waals surface area contributed by atoms with Gasteiger partial charge in [-0.1, -0.05) is 19.9 Å². The molecular weight excluding hydrogens is 312 g/mol. The number of rotatable bonds is 5. The van der Waals surface area contributed by atoms with Gasteiger partial charge >= 0.3 is 0 Å². The fourth-order valence-electron chi connectivity index (χ4n) is 2.40. The zero-order chi connectivity index (χ0) is 17.1. The molecule has 0 aliphatic carbocycles. The quantitative estimate of drug-likeness (QED) is 0.745. The molecule has 0 bridgehead atoms. The molecule has 0 saturated carbocycles. The molecule has 2 N–H and O–H groups in total. The first-order valence-electron chi connectivity index (χ1n) is 7.59. The SMILES string of the molecule is CC(C)c1[nH]ncc1-c1ccnc(NCc2c(F)cccc2F)n1. The van der Waals surface area contributed by atoms with Gasteiger partial charge in [0.1, 0.15) is 11.6 Å². The molecule has 0 saturated heterocycles. The molecule has 0 radical (unpaired) electrons. The van der Waals surface area contributed by atoms with Crippen LogP contribution >= 0.6 is 0 Å². The summed E-state index contributed by atoms with van der Waals surface area (Å²) >= 11 is 0. The average molecular weight is 329 g/mol. The van der Waals surface area contributed by atoms with E-state index in [4.69, 9.17) is 0 Å². The highest BCUT2D eigenvalue weighted by molar-refractivity contribution is 5.62. The Kier molecular flexibility index (Phi) is 4.50. The van der Waals surface area contributed by atoms with Crippen LogP contribution in [0, 0.1) is 11.6 Å². The first-order chi connectivity index (χ1) is 11.6. The topological polar surface area (TPSA) is 66.5 Å². The first-order valence-corrected chi connectivity index (χ1v) is 7.59. The highest BCUT2D eigenvalue weighted by Gasteiger charge is 2.13. The summed E-state index contributed by atoms with van der Waals surface area (Å²) in [6.07, 6.45) is 3.30. The number of halogens is 2. The number of H-pyrrole nitrogens is 1. The maximum Gasteiger partial charge on any atom is 0.223 e. The van der Waals surface area contributed by atoms with Crippen molar-refractivity contribution in [3.8, 4) is 11.3 Å². The van der Waals surface area contributed by atoms with Crippen molar-refractivity contribution in [2.75, 3.05) is 5.32 Å². The van der Waals surface area contributed by atoms with Gasteiger partial charge in [-0.05, 0) is 24.1 Å². The summed E-state index contributed by atoms with van der Waals surface area (Å²) in [7, 11) is 0. The van der Waals surface area contributed by atoms with Gasteiger partial charge in [-0.15, -0.1) is 0 Å². The van der Waals surface area contributed by atoms with Crippen LogP contribution in [-0.4, -0.2) is 20.2 Å². The van der Waals surface area contributed by atoms with Gasteiger partial charge < -0.3 is 5.32 Å². The lowest BCUT2D eigenvalue weighted by molar-refractivity contribution is 0.559. The fourth-order valence-corrected chi connectivity index (χ4v) is 2.40. The van der Waals surface area contributed by atoms with E-state index < -0.39 is 11.6 Å². The molecule has 24 heavy (non-hydrogen) atoms. The highest BCUT2D eigenvalue weighted by atomic mass is 19.1. The summed E-state index contributed by atoms with van der Waals surface area (Å²) in [5, 5.41) is 9.89. The van der Waals surface area contributed by atoms with E-state index in [-0.39, 0.29) is 18.0 Å². The van der Waals surface area contributed by atoms with Crippen molar-refractivity contribution in [2.24, 2.45) is 0 Å². The lowest BCUT2D eigenvalue weighted by Gasteiger charge is -2.09. The molecule has 0 spiro atoms. The third kappa shape index (κ3) is 3.24. The van der Waals surface area contributed by atoms with Crippen LogP contribution in [-0.2, 0) is 6.54 Å². The molecular formula is C17H17F2N5. The third-order valence-electron chi connectivity index (χ3n) is 3.66. The zero-order valence-corrected chi connectivity index (χ0v) is 13.3. The molecule has 2 aromatic heterocycles. The molecule has 0 unspecified atom stereocenters. The molecule has 3 rings (SSSR count). The standard InChI is InChI=1S/C17H17F2N5/c1-10(2)16-12(9-22-24-16)15-6-7-20-17(23-15)21-8-11-13(18)4-3-5-14(11)19/h3-7,9-10H,8H2,1-2H3,(H,22,24)(H,20,21,23). The van der Waals surface area contributed by atoms with Gasteiger partial charge in [-0.25, -0.2) is 18.7 Å². The Morgan fingerprint density at radius 1 is 1.17 bits per heavy atom. The van der Waals surface area contributed by atoms with Crippen LogP contribution in [0.2, 0.25) is 0 Å². The number of nitrogens with zero attached hydrogens (tertiary/aromatic N) is 3. The average Bonchev–Trinajstić information content (AvgIpc) is 3.04. The summed E-state index contributed by atoms with van der Waals surface area (Å²) in [5.41, 5.74) is 2.50. The van der Waals surface area contributed by atoms with Crippen molar-refractivity contribution in [3.05, 3.63) is 59.6 Å². The zero-order valence-electron chi connectivity index (χ0n) is 13.3. The van der Waals surface area contributed by atoms with Crippen molar-refractivity contribution in [3.63, 3.8) is 0 Å². The van der Waals surface area contributed by atoms with E-state index in [1.165, 1.54) is 18.2 Å². The summed E-state index contributed by atoms with van der Waals surface area (Å²) in [6.45, 7) is 4.07. The smallest absolute Gasteiger partial charge is 0.223 e. The van der Waals surface area contributed by atoms with Gasteiger partial charge in [0.05, 0.1) is 11.9 Å². The van der Waals surface area contributed by atoms with E-state index in [0.717, 1.165) is 11.3 Å². The highest BCUT2D eigenvalue weighted by Crippen LogP contribution is 2.26. The number of anilines is 1. The van der Waals surface area contributed by atoms with Crippen LogP contribution in [0.5, 0.6) is 0 Å². The van der Waals surface area contributed by atoms with Crippen molar-refractivity contribution in [1.29, 1.82) is 0 Å². The van der Waals surface area contributed by atoms with E-state index in [2.05, 4.69) is 39.3 Å². The fraction of sp³-hybridized carbons (Fsp3) is 0.235. The second kappa shape index (κ2) is 6.74. The lowest BCUT2D eigenvalue weighted by Crippen LogP contribution is -2.07. The minimum atomic E-state index is -0.601. The van der Waals surface area contributed by atoms with Gasteiger partial charge in [0.25, 0.3) is 0 Å². The largest absolute Gasteiger partial charge is 0.350 e. The molecule has 0 aliphatic rings. The molecule has 0 atom stereocenters. The summed E-state index contributed by atoms with van der Waals surface area (Å²) in [6, 6.07) is 5.54. The van der Waals surface area contributed by atoms with Gasteiger partial charge in [0.15, 0.2) is 0 Å².